The fourth-order valence-electron chi connectivity index (χ4n) is 4.51. The minimum absolute atomic E-state index is 0.0843. The Hall–Kier alpha value is -3.60. The van der Waals surface area contributed by atoms with E-state index in [2.05, 4.69) is 30.0 Å². The second-order valence-electron chi connectivity index (χ2n) is 8.19. The van der Waals surface area contributed by atoms with Crippen molar-refractivity contribution in [1.29, 1.82) is 0 Å². The number of carbonyl (C=O) groups excluding carboxylic acids is 1. The second kappa shape index (κ2) is 8.87. The lowest BCUT2D eigenvalue weighted by atomic mass is 9.94. The number of piperazine rings is 1. The predicted octanol–water partition coefficient (Wildman–Crippen LogP) is 5.21. The van der Waals surface area contributed by atoms with Gasteiger partial charge in [-0.2, -0.15) is 0 Å². The van der Waals surface area contributed by atoms with E-state index in [1.165, 1.54) is 0 Å². The molecule has 5 nitrogen and oxygen atoms in total. The monoisotopic (exact) mass is 425 g/mol. The zero-order valence-corrected chi connectivity index (χ0v) is 18.3. The topological polar surface area (TPSA) is 45.1 Å². The highest BCUT2D eigenvalue weighted by molar-refractivity contribution is 6.03. The molecular weight excluding hydrogens is 398 g/mol. The molecular formula is C27H27N3O2. The first kappa shape index (κ1) is 20.3. The number of hydrogen-bond donors (Lipinski definition) is 0. The number of carbonyl (C=O) groups is 1. The number of hydrogen-bond acceptors (Lipinski definition) is 4. The molecule has 1 fully saturated rings. The summed E-state index contributed by atoms with van der Waals surface area (Å²) >= 11 is 0. The van der Waals surface area contributed by atoms with Crippen molar-refractivity contribution in [3.05, 3.63) is 90.0 Å². The molecule has 3 aromatic rings. The predicted molar refractivity (Wildman–Crippen MR) is 127 cm³/mol. The molecule has 32 heavy (non-hydrogen) atoms. The first-order valence-electron chi connectivity index (χ1n) is 11.3. The summed E-state index contributed by atoms with van der Waals surface area (Å²) in [5.41, 5.74) is 2.91. The van der Waals surface area contributed by atoms with Gasteiger partial charge in [0.15, 0.2) is 5.75 Å². The molecule has 1 atom stereocenters. The summed E-state index contributed by atoms with van der Waals surface area (Å²) in [5, 5.41) is 0. The van der Waals surface area contributed by atoms with Crippen LogP contribution >= 0.6 is 0 Å². The Morgan fingerprint density at radius 3 is 2.28 bits per heavy atom. The maximum absolute atomic E-state index is 13.3. The first-order chi connectivity index (χ1) is 15.7. The number of nitrogens with zero attached hydrogens (tertiary/aromatic N) is 3. The van der Waals surface area contributed by atoms with Gasteiger partial charge < -0.3 is 14.5 Å². The average Bonchev–Trinajstić information content (AvgIpc) is 3.02. The van der Waals surface area contributed by atoms with E-state index in [-0.39, 0.29) is 11.8 Å². The van der Waals surface area contributed by atoms with Gasteiger partial charge >= 0.3 is 0 Å². The summed E-state index contributed by atoms with van der Waals surface area (Å²) in [4.78, 5) is 22.6. The maximum atomic E-state index is 13.3. The Morgan fingerprint density at radius 2 is 1.53 bits per heavy atom. The van der Waals surface area contributed by atoms with Gasteiger partial charge in [-0.25, -0.2) is 4.99 Å². The lowest BCUT2D eigenvalue weighted by Gasteiger charge is -2.38. The normalized spacial score (nSPS) is 16.2. The smallest absolute Gasteiger partial charge is 0.230 e. The van der Waals surface area contributed by atoms with E-state index in [1.54, 1.807) is 0 Å². The summed E-state index contributed by atoms with van der Waals surface area (Å²) < 4.78 is 6.17. The number of aliphatic imine (C=N–C) groups is 1. The molecule has 0 radical (unpaired) electrons. The Balaban J connectivity index is 1.37. The highest BCUT2D eigenvalue weighted by Gasteiger charge is 2.30. The van der Waals surface area contributed by atoms with E-state index in [0.717, 1.165) is 53.7 Å². The summed E-state index contributed by atoms with van der Waals surface area (Å²) in [7, 11) is 0. The van der Waals surface area contributed by atoms with Crippen LogP contribution in [0.2, 0.25) is 0 Å². The van der Waals surface area contributed by atoms with Gasteiger partial charge in [0.25, 0.3) is 0 Å². The quantitative estimate of drug-likeness (QED) is 0.579. The zero-order chi connectivity index (χ0) is 21.9. The third-order valence-electron chi connectivity index (χ3n) is 6.24. The van der Waals surface area contributed by atoms with Crippen LogP contribution in [0.25, 0.3) is 0 Å². The molecule has 2 aliphatic rings. The minimum atomic E-state index is -0.0843. The minimum Gasteiger partial charge on any atom is -0.454 e. The summed E-state index contributed by atoms with van der Waals surface area (Å²) in [6, 6.07) is 26.0. The van der Waals surface area contributed by atoms with E-state index in [9.17, 15) is 4.79 Å². The number of benzene rings is 3. The van der Waals surface area contributed by atoms with Crippen molar-refractivity contribution >= 4 is 17.4 Å². The Bertz CT molecular complexity index is 1130. The van der Waals surface area contributed by atoms with Crippen LogP contribution in [0.15, 0.2) is 83.9 Å². The molecule has 0 N–H and O–H groups in total. The Kier molecular flexibility index (Phi) is 5.63. The molecule has 3 aromatic carbocycles. The number of fused-ring (bicyclic) bond motifs is 2. The maximum Gasteiger partial charge on any atom is 0.230 e. The van der Waals surface area contributed by atoms with Gasteiger partial charge in [0.2, 0.25) is 5.91 Å². The first-order valence-corrected chi connectivity index (χ1v) is 11.3. The van der Waals surface area contributed by atoms with Crippen LogP contribution in [0.1, 0.15) is 30.4 Å². The second-order valence-corrected chi connectivity index (χ2v) is 8.19. The van der Waals surface area contributed by atoms with E-state index in [0.29, 0.717) is 13.1 Å². The molecule has 0 unspecified atom stereocenters. The zero-order valence-electron chi connectivity index (χ0n) is 18.3. The molecule has 2 heterocycles. The van der Waals surface area contributed by atoms with E-state index >= 15 is 0 Å². The van der Waals surface area contributed by atoms with E-state index in [4.69, 9.17) is 9.73 Å². The Labute approximate surface area is 189 Å². The average molecular weight is 426 g/mol. The number of ether oxygens (including phenoxy) is 1. The molecule has 2 aliphatic heterocycles. The van der Waals surface area contributed by atoms with Gasteiger partial charge in [0.1, 0.15) is 17.3 Å². The van der Waals surface area contributed by atoms with Crippen molar-refractivity contribution in [2.45, 2.75) is 19.3 Å². The van der Waals surface area contributed by atoms with Crippen LogP contribution in [-0.4, -0.2) is 47.7 Å². The van der Waals surface area contributed by atoms with Crippen LogP contribution in [0.4, 0.5) is 5.69 Å². The standard InChI is InChI=1S/C27H27N3O2/c1-2-21(20-10-4-3-5-11-20)27(31)30-18-16-29(17-19-30)26-22-12-6-8-14-24(22)32-25-15-9-7-13-23(25)28-26/h3-15,21H,2,16-19H2,1H3/t21-/m0/s1. The van der Waals surface area contributed by atoms with Crippen LogP contribution in [0.5, 0.6) is 11.5 Å². The number of rotatable bonds is 3. The van der Waals surface area contributed by atoms with Gasteiger partial charge in [-0.1, -0.05) is 61.5 Å². The van der Waals surface area contributed by atoms with Gasteiger partial charge in [-0.05, 0) is 36.2 Å². The molecule has 0 aliphatic carbocycles. The highest BCUT2D eigenvalue weighted by atomic mass is 16.5. The third kappa shape index (κ3) is 3.86. The van der Waals surface area contributed by atoms with Crippen LogP contribution < -0.4 is 4.74 Å². The number of amides is 1. The van der Waals surface area contributed by atoms with Crippen molar-refractivity contribution < 1.29 is 9.53 Å². The largest absolute Gasteiger partial charge is 0.454 e. The summed E-state index contributed by atoms with van der Waals surface area (Å²) in [5.74, 6) is 2.62. The van der Waals surface area contributed by atoms with Gasteiger partial charge in [0, 0.05) is 26.2 Å². The van der Waals surface area contributed by atoms with Crippen molar-refractivity contribution in [2.75, 3.05) is 26.2 Å². The highest BCUT2D eigenvalue weighted by Crippen LogP contribution is 2.38. The SMILES string of the molecule is CC[C@H](C(=O)N1CCN(C2=Nc3ccccc3Oc3ccccc32)CC1)c1ccccc1. The fraction of sp³-hybridized carbons (Fsp3) is 0.259. The molecule has 1 saturated heterocycles. The lowest BCUT2D eigenvalue weighted by Crippen LogP contribution is -2.51. The number of para-hydroxylation sites is 3. The lowest BCUT2D eigenvalue weighted by molar-refractivity contribution is -0.134. The van der Waals surface area contributed by atoms with Crippen molar-refractivity contribution in [1.82, 2.24) is 9.80 Å². The number of amidine groups is 1. The van der Waals surface area contributed by atoms with Crippen molar-refractivity contribution in [3.8, 4) is 11.5 Å². The van der Waals surface area contributed by atoms with Gasteiger partial charge in [0.05, 0.1) is 11.5 Å². The van der Waals surface area contributed by atoms with Crippen molar-refractivity contribution in [3.63, 3.8) is 0 Å². The Morgan fingerprint density at radius 1 is 0.875 bits per heavy atom. The molecule has 0 saturated carbocycles. The fourth-order valence-corrected chi connectivity index (χ4v) is 4.51. The molecule has 0 aromatic heterocycles. The molecule has 5 rings (SSSR count). The molecule has 0 bridgehead atoms. The van der Waals surface area contributed by atoms with Crippen LogP contribution in [0, 0.1) is 0 Å². The van der Waals surface area contributed by atoms with Crippen LogP contribution in [0.3, 0.4) is 0 Å². The van der Waals surface area contributed by atoms with Crippen LogP contribution in [-0.2, 0) is 4.79 Å². The van der Waals surface area contributed by atoms with Gasteiger partial charge in [-0.3, -0.25) is 4.79 Å². The summed E-state index contributed by atoms with van der Waals surface area (Å²) in [6.07, 6.45) is 0.803. The van der Waals surface area contributed by atoms with Gasteiger partial charge in [-0.15, -0.1) is 0 Å². The molecule has 5 heteroatoms. The van der Waals surface area contributed by atoms with E-state index in [1.807, 2.05) is 65.6 Å². The molecule has 1 amide bonds. The van der Waals surface area contributed by atoms with Crippen molar-refractivity contribution in [2.24, 2.45) is 4.99 Å². The molecule has 162 valence electrons. The third-order valence-corrected chi connectivity index (χ3v) is 6.24. The van der Waals surface area contributed by atoms with E-state index < -0.39 is 0 Å². The molecule has 0 spiro atoms. The summed E-state index contributed by atoms with van der Waals surface area (Å²) in [6.45, 7) is 4.94.